The van der Waals surface area contributed by atoms with Crippen molar-refractivity contribution < 1.29 is 9.53 Å². The third-order valence-corrected chi connectivity index (χ3v) is 4.05. The van der Waals surface area contributed by atoms with Gasteiger partial charge in [0.15, 0.2) is 5.78 Å². The average Bonchev–Trinajstić information content (AvgIpc) is 2.39. The van der Waals surface area contributed by atoms with Crippen molar-refractivity contribution in [1.82, 2.24) is 4.90 Å². The van der Waals surface area contributed by atoms with E-state index in [1.807, 2.05) is 6.92 Å². The largest absolute Gasteiger partial charge is 0.376 e. The summed E-state index contributed by atoms with van der Waals surface area (Å²) >= 11 is 12.0. The van der Waals surface area contributed by atoms with Crippen LogP contribution >= 0.6 is 23.2 Å². The maximum absolute atomic E-state index is 12.1. The number of rotatable bonds is 4. The first kappa shape index (κ1) is 14.8. The van der Waals surface area contributed by atoms with E-state index in [2.05, 4.69) is 4.90 Å². The molecule has 0 radical (unpaired) electrons. The van der Waals surface area contributed by atoms with Gasteiger partial charge in [-0.25, -0.2) is 0 Å². The Labute approximate surface area is 123 Å². The minimum Gasteiger partial charge on any atom is -0.376 e. The lowest BCUT2D eigenvalue weighted by Gasteiger charge is -2.30. The summed E-state index contributed by atoms with van der Waals surface area (Å²) in [6.45, 7) is 5.25. The summed E-state index contributed by atoms with van der Waals surface area (Å²) in [5.74, 6) is 0.0339. The molecule has 1 aliphatic rings. The zero-order chi connectivity index (χ0) is 13.8. The Morgan fingerprint density at radius 1 is 1.47 bits per heavy atom. The number of Topliss-reactive ketones (excluding diaryl/α,β-unsaturated/α-hetero) is 1. The number of hydrogen-bond acceptors (Lipinski definition) is 3. The van der Waals surface area contributed by atoms with Gasteiger partial charge in [0.05, 0.1) is 22.8 Å². The van der Waals surface area contributed by atoms with Crippen LogP contribution in [-0.4, -0.2) is 43.0 Å². The lowest BCUT2D eigenvalue weighted by atomic mass is 10.1. The van der Waals surface area contributed by atoms with Crippen molar-refractivity contribution in [3.05, 3.63) is 33.8 Å². The standard InChI is InChI=1S/C14H17Cl2NO2/c1-10-9-17(7-8-19-10)6-5-13(18)11-3-2-4-12(15)14(11)16/h2-4,10H,5-9H2,1H3. The summed E-state index contributed by atoms with van der Waals surface area (Å²) in [6.07, 6.45) is 0.686. The molecule has 0 bridgehead atoms. The molecule has 3 nitrogen and oxygen atoms in total. The van der Waals surface area contributed by atoms with Crippen LogP contribution in [0.4, 0.5) is 0 Å². The Morgan fingerprint density at radius 2 is 2.26 bits per heavy atom. The predicted molar refractivity (Wildman–Crippen MR) is 77.3 cm³/mol. The van der Waals surface area contributed by atoms with Gasteiger partial charge in [-0.15, -0.1) is 0 Å². The number of ether oxygens (including phenoxy) is 1. The molecular weight excluding hydrogens is 285 g/mol. The summed E-state index contributed by atoms with van der Waals surface area (Å²) < 4.78 is 5.47. The Balaban J connectivity index is 1.92. The number of carbonyl (C=O) groups excluding carboxylic acids is 1. The third-order valence-electron chi connectivity index (χ3n) is 3.23. The monoisotopic (exact) mass is 301 g/mol. The van der Waals surface area contributed by atoms with Crippen molar-refractivity contribution in [3.63, 3.8) is 0 Å². The molecule has 1 aromatic rings. The van der Waals surface area contributed by atoms with Crippen LogP contribution in [0.3, 0.4) is 0 Å². The van der Waals surface area contributed by atoms with E-state index in [-0.39, 0.29) is 11.9 Å². The minimum absolute atomic E-state index is 0.0339. The first-order chi connectivity index (χ1) is 9.08. The van der Waals surface area contributed by atoms with Crippen molar-refractivity contribution in [2.45, 2.75) is 19.4 Å². The molecule has 2 rings (SSSR count). The fraction of sp³-hybridized carbons (Fsp3) is 0.500. The Kier molecular flexibility index (Phi) is 5.22. The van der Waals surface area contributed by atoms with Crippen molar-refractivity contribution >= 4 is 29.0 Å². The van der Waals surface area contributed by atoms with Gasteiger partial charge >= 0.3 is 0 Å². The Morgan fingerprint density at radius 3 is 3.00 bits per heavy atom. The Hall–Kier alpha value is -0.610. The average molecular weight is 302 g/mol. The molecule has 1 unspecified atom stereocenters. The van der Waals surface area contributed by atoms with E-state index in [1.54, 1.807) is 18.2 Å². The summed E-state index contributed by atoms with van der Waals surface area (Å²) in [6, 6.07) is 5.15. The second kappa shape index (κ2) is 6.71. The second-order valence-corrected chi connectivity index (χ2v) is 5.54. The Bertz CT molecular complexity index is 465. The fourth-order valence-electron chi connectivity index (χ4n) is 2.21. The number of hydrogen-bond donors (Lipinski definition) is 0. The van der Waals surface area contributed by atoms with Crippen LogP contribution in [0.25, 0.3) is 0 Å². The molecule has 1 atom stereocenters. The van der Waals surface area contributed by atoms with E-state index in [9.17, 15) is 4.79 Å². The molecular formula is C14H17Cl2NO2. The summed E-state index contributed by atoms with van der Waals surface area (Å²) in [5, 5.41) is 0.775. The van der Waals surface area contributed by atoms with Crippen LogP contribution in [0.15, 0.2) is 18.2 Å². The van der Waals surface area contributed by atoms with E-state index in [4.69, 9.17) is 27.9 Å². The van der Waals surface area contributed by atoms with Crippen LogP contribution in [-0.2, 0) is 4.74 Å². The molecule has 0 N–H and O–H groups in total. The SMILES string of the molecule is CC1CN(CCC(=O)c2cccc(Cl)c2Cl)CCO1. The van der Waals surface area contributed by atoms with Gasteiger partial charge in [-0.05, 0) is 19.1 Å². The highest BCUT2D eigenvalue weighted by atomic mass is 35.5. The van der Waals surface area contributed by atoms with Gasteiger partial charge in [-0.3, -0.25) is 9.69 Å². The van der Waals surface area contributed by atoms with Gasteiger partial charge in [-0.1, -0.05) is 29.3 Å². The first-order valence-corrected chi connectivity index (χ1v) is 7.14. The quantitative estimate of drug-likeness (QED) is 0.799. The van der Waals surface area contributed by atoms with Crippen molar-refractivity contribution in [2.24, 2.45) is 0 Å². The number of carbonyl (C=O) groups is 1. The summed E-state index contributed by atoms with van der Waals surface area (Å²) in [4.78, 5) is 14.4. The van der Waals surface area contributed by atoms with Crippen LogP contribution < -0.4 is 0 Å². The maximum Gasteiger partial charge on any atom is 0.165 e. The molecule has 1 aliphatic heterocycles. The topological polar surface area (TPSA) is 29.5 Å². The molecule has 0 spiro atoms. The van der Waals surface area contributed by atoms with Crippen LogP contribution in [0.1, 0.15) is 23.7 Å². The van der Waals surface area contributed by atoms with Gasteiger partial charge in [0.1, 0.15) is 0 Å². The van der Waals surface area contributed by atoms with Gasteiger partial charge in [0, 0.05) is 31.6 Å². The van der Waals surface area contributed by atoms with Gasteiger partial charge in [0.25, 0.3) is 0 Å². The molecule has 1 fully saturated rings. The van der Waals surface area contributed by atoms with Gasteiger partial charge in [0.2, 0.25) is 0 Å². The maximum atomic E-state index is 12.1. The minimum atomic E-state index is 0.0339. The fourth-order valence-corrected chi connectivity index (χ4v) is 2.61. The number of nitrogens with zero attached hydrogens (tertiary/aromatic N) is 1. The molecule has 0 aliphatic carbocycles. The highest BCUT2D eigenvalue weighted by Crippen LogP contribution is 2.26. The molecule has 0 aromatic heterocycles. The molecule has 1 saturated heterocycles. The zero-order valence-corrected chi connectivity index (χ0v) is 12.4. The van der Waals surface area contributed by atoms with E-state index < -0.39 is 0 Å². The summed E-state index contributed by atoms with van der Waals surface area (Å²) in [7, 11) is 0. The van der Waals surface area contributed by atoms with Crippen molar-refractivity contribution in [2.75, 3.05) is 26.2 Å². The van der Waals surface area contributed by atoms with Crippen molar-refractivity contribution in [3.8, 4) is 0 Å². The first-order valence-electron chi connectivity index (χ1n) is 6.39. The normalized spacial score (nSPS) is 20.5. The molecule has 0 amide bonds. The molecule has 19 heavy (non-hydrogen) atoms. The molecule has 1 heterocycles. The van der Waals surface area contributed by atoms with Crippen LogP contribution in [0.2, 0.25) is 10.0 Å². The predicted octanol–water partition coefficient (Wildman–Crippen LogP) is 3.29. The molecule has 104 valence electrons. The van der Waals surface area contributed by atoms with Crippen LogP contribution in [0, 0.1) is 0 Å². The molecule has 0 saturated carbocycles. The van der Waals surface area contributed by atoms with E-state index in [0.717, 1.165) is 26.2 Å². The number of halogens is 2. The van der Waals surface area contributed by atoms with Crippen molar-refractivity contribution in [1.29, 1.82) is 0 Å². The number of morpholine rings is 1. The highest BCUT2D eigenvalue weighted by molar-refractivity contribution is 6.43. The second-order valence-electron chi connectivity index (χ2n) is 4.76. The van der Waals surface area contributed by atoms with Crippen LogP contribution in [0.5, 0.6) is 0 Å². The lowest BCUT2D eigenvalue weighted by Crippen LogP contribution is -2.41. The van der Waals surface area contributed by atoms with E-state index in [0.29, 0.717) is 22.0 Å². The molecule has 1 aromatic carbocycles. The van der Waals surface area contributed by atoms with Gasteiger partial charge in [-0.2, -0.15) is 0 Å². The third kappa shape index (κ3) is 3.93. The zero-order valence-electron chi connectivity index (χ0n) is 10.9. The van der Waals surface area contributed by atoms with E-state index in [1.165, 1.54) is 0 Å². The highest BCUT2D eigenvalue weighted by Gasteiger charge is 2.18. The molecule has 5 heteroatoms. The number of ketones is 1. The summed E-state index contributed by atoms with van der Waals surface area (Å²) in [5.41, 5.74) is 0.510. The lowest BCUT2D eigenvalue weighted by molar-refractivity contribution is -0.0180. The number of benzene rings is 1. The van der Waals surface area contributed by atoms with Gasteiger partial charge < -0.3 is 4.74 Å². The smallest absolute Gasteiger partial charge is 0.165 e. The van der Waals surface area contributed by atoms with E-state index >= 15 is 0 Å².